The molecule has 0 unspecified atom stereocenters. The number of nitrogens with one attached hydrogen (secondary N) is 4. The van der Waals surface area contributed by atoms with Crippen LogP contribution in [0.2, 0.25) is 5.02 Å². The van der Waals surface area contributed by atoms with Crippen LogP contribution in [0.5, 0.6) is 11.5 Å². The van der Waals surface area contributed by atoms with Gasteiger partial charge < -0.3 is 47.5 Å². The van der Waals surface area contributed by atoms with Gasteiger partial charge in [-0.1, -0.05) is 85.9 Å². The summed E-state index contributed by atoms with van der Waals surface area (Å²) >= 11 is 8.04. The predicted molar refractivity (Wildman–Crippen MR) is 284 cm³/mol. The van der Waals surface area contributed by atoms with Crippen LogP contribution in [0.25, 0.3) is 0 Å². The second kappa shape index (κ2) is 27.6. The van der Waals surface area contributed by atoms with E-state index in [4.69, 9.17) is 28.2 Å². The molecule has 3 aliphatic rings. The number of nitrogens with two attached hydrogens (primary N) is 2. The summed E-state index contributed by atoms with van der Waals surface area (Å²) in [5.41, 5.74) is 16.0. The average molecular weight is 1000 g/mol. The number of piperazine rings is 1. The molecule has 2 aliphatic heterocycles. The molecule has 4 aromatic rings. The fraction of sp³-hybridized carbons (Fsp3) is 0.481. The number of aryl methyl sites for hydroxylation is 1. The maximum atomic E-state index is 12.9. The summed E-state index contributed by atoms with van der Waals surface area (Å²) in [4.78, 5) is 52.6. The summed E-state index contributed by atoms with van der Waals surface area (Å²) in [6.45, 7) is 17.3. The summed E-state index contributed by atoms with van der Waals surface area (Å²) in [6.07, 6.45) is 9.90. The largest absolute Gasteiger partial charge is 0.508 e. The molecule has 3 amide bonds. The molecule has 380 valence electrons. The summed E-state index contributed by atoms with van der Waals surface area (Å²) in [6, 6.07) is 17.0. The Bertz CT molecular complexity index is 2390. The Morgan fingerprint density at radius 1 is 0.900 bits per heavy atom. The lowest BCUT2D eigenvalue weighted by Gasteiger charge is -2.39. The van der Waals surface area contributed by atoms with Crippen LogP contribution in [-0.2, 0) is 20.9 Å². The number of halogens is 1. The normalized spacial score (nSPS) is 15.1. The van der Waals surface area contributed by atoms with E-state index in [0.717, 1.165) is 44.1 Å². The molecule has 16 nitrogen and oxygen atoms in total. The fourth-order valence-corrected chi connectivity index (χ4v) is 9.69. The Balaban J connectivity index is 0.000000365. The van der Waals surface area contributed by atoms with Gasteiger partial charge in [-0.05, 0) is 101 Å². The molecule has 10 N–H and O–H groups in total. The Morgan fingerprint density at radius 3 is 2.10 bits per heavy atom. The van der Waals surface area contributed by atoms with Crippen molar-refractivity contribution in [3.05, 3.63) is 88.1 Å². The Hall–Kier alpha value is -5.75. The van der Waals surface area contributed by atoms with E-state index < -0.39 is 0 Å². The minimum atomic E-state index is -0.285. The lowest BCUT2D eigenvalue weighted by molar-refractivity contribution is -0.134. The minimum absolute atomic E-state index is 0.000585. The van der Waals surface area contributed by atoms with Crippen LogP contribution >= 0.6 is 23.4 Å². The zero-order valence-electron chi connectivity index (χ0n) is 42.0. The first kappa shape index (κ1) is 56.8. The highest BCUT2D eigenvalue weighted by Gasteiger charge is 2.37. The third-order valence-corrected chi connectivity index (χ3v) is 14.3. The first-order chi connectivity index (χ1) is 33.4. The van der Waals surface area contributed by atoms with E-state index in [1.165, 1.54) is 81.5 Å². The van der Waals surface area contributed by atoms with Crippen molar-refractivity contribution in [3.63, 3.8) is 0 Å². The molecule has 70 heavy (non-hydrogen) atoms. The number of aromatic hydroxyl groups is 2. The zero-order chi connectivity index (χ0) is 51.5. The number of benzene rings is 3. The molecule has 3 heterocycles. The number of nitrogen functional groups attached to an aromatic ring is 1. The minimum Gasteiger partial charge on any atom is -0.508 e. The smallest absolute Gasteiger partial charge is 0.264 e. The van der Waals surface area contributed by atoms with Crippen molar-refractivity contribution in [3.8, 4) is 11.5 Å². The highest BCUT2D eigenvalue weighted by Crippen LogP contribution is 2.47. The SMILES string of the molecule is CC(=N)c1cc(C(C)C)c(O)cc1O.CCNC(=O)C(C)=N.CN.Cc1ccc(CN2CCN(C(=O)CCC(=O)Nc3cccc(Sc4ncc(N5CCC6(CCCC6)CC5)nc4N)c3Cl)CC2)cc1. The van der Waals surface area contributed by atoms with Gasteiger partial charge in [0, 0.05) is 87.4 Å². The number of hydrogen-bond donors (Lipinski definition) is 8. The number of carbonyl (C=O) groups is 3. The zero-order valence-corrected chi connectivity index (χ0v) is 43.5. The van der Waals surface area contributed by atoms with Gasteiger partial charge in [0.25, 0.3) is 5.91 Å². The molecule has 2 saturated heterocycles. The third-order valence-electron chi connectivity index (χ3n) is 12.7. The number of nitrogens with zero attached hydrogens (tertiary/aromatic N) is 5. The second-order valence-corrected chi connectivity index (χ2v) is 19.6. The number of piperidine rings is 1. The van der Waals surface area contributed by atoms with Crippen LogP contribution in [0.15, 0.2) is 70.7 Å². The first-order valence-corrected chi connectivity index (χ1v) is 25.3. The van der Waals surface area contributed by atoms with Gasteiger partial charge in [0.1, 0.15) is 22.3 Å². The number of hydrogen-bond acceptors (Lipinski definition) is 14. The second-order valence-electron chi connectivity index (χ2n) is 18.2. The van der Waals surface area contributed by atoms with E-state index in [1.807, 2.05) is 37.8 Å². The average Bonchev–Trinajstić information content (AvgIpc) is 3.79. The van der Waals surface area contributed by atoms with Crippen LogP contribution in [0, 0.1) is 23.2 Å². The first-order valence-electron chi connectivity index (χ1n) is 24.1. The molecule has 1 aromatic heterocycles. The van der Waals surface area contributed by atoms with Gasteiger partial charge in [-0.2, -0.15) is 0 Å². The predicted octanol–water partition coefficient (Wildman–Crippen LogP) is 8.74. The number of carbonyl (C=O) groups excluding carboxylic acids is 3. The summed E-state index contributed by atoms with van der Waals surface area (Å²) in [5, 5.41) is 39.6. The van der Waals surface area contributed by atoms with E-state index >= 15 is 0 Å². The number of amides is 3. The number of phenolic OH excluding ortho intramolecular Hbond substituents is 2. The lowest BCUT2D eigenvalue weighted by Crippen LogP contribution is -2.48. The quantitative estimate of drug-likeness (QED) is 0.0586. The lowest BCUT2D eigenvalue weighted by atomic mass is 9.77. The maximum Gasteiger partial charge on any atom is 0.264 e. The van der Waals surface area contributed by atoms with Crippen LogP contribution in [0.3, 0.4) is 0 Å². The van der Waals surface area contributed by atoms with Crippen LogP contribution in [-0.4, -0.2) is 112 Å². The molecule has 18 heteroatoms. The van der Waals surface area contributed by atoms with E-state index in [9.17, 15) is 24.6 Å². The fourth-order valence-electron chi connectivity index (χ4n) is 8.59. The monoisotopic (exact) mass is 1000 g/mol. The number of rotatable bonds is 13. The van der Waals surface area contributed by atoms with Gasteiger partial charge in [0.15, 0.2) is 5.82 Å². The highest BCUT2D eigenvalue weighted by atomic mass is 35.5. The van der Waals surface area contributed by atoms with E-state index in [2.05, 4.69) is 67.3 Å². The van der Waals surface area contributed by atoms with Crippen molar-refractivity contribution in [1.29, 1.82) is 10.8 Å². The van der Waals surface area contributed by atoms with Crippen molar-refractivity contribution >= 4 is 69.8 Å². The third kappa shape index (κ3) is 16.7. The molecule has 0 atom stereocenters. The Morgan fingerprint density at radius 2 is 1.54 bits per heavy atom. The molecule has 1 saturated carbocycles. The van der Waals surface area contributed by atoms with Gasteiger partial charge in [0.2, 0.25) is 11.8 Å². The summed E-state index contributed by atoms with van der Waals surface area (Å²) in [5.74, 6) is 0.868. The summed E-state index contributed by atoms with van der Waals surface area (Å²) < 4.78 is 0. The molecule has 1 spiro atoms. The van der Waals surface area contributed by atoms with Gasteiger partial charge in [0.05, 0.1) is 22.6 Å². The van der Waals surface area contributed by atoms with Gasteiger partial charge in [-0.25, -0.2) is 9.97 Å². The van der Waals surface area contributed by atoms with Gasteiger partial charge >= 0.3 is 0 Å². The summed E-state index contributed by atoms with van der Waals surface area (Å²) in [7, 11) is 1.50. The van der Waals surface area contributed by atoms with Crippen molar-refractivity contribution in [2.75, 3.05) is 68.8 Å². The molecular weight excluding hydrogens is 926 g/mol. The maximum absolute atomic E-state index is 12.9. The Kier molecular flexibility index (Phi) is 22.4. The molecule has 3 fully saturated rings. The van der Waals surface area contributed by atoms with Crippen LogP contribution in [0.1, 0.15) is 114 Å². The number of aromatic nitrogens is 2. The Labute approximate surface area is 423 Å². The number of phenols is 2. The van der Waals surface area contributed by atoms with E-state index in [0.29, 0.717) is 62.8 Å². The standard InChI is InChI=1S/C35H44ClN7O2S.C11H15NO2.C5H10N2O.CH5N/c1-25-7-9-26(10-8-25)24-41-19-21-43(22-20-41)31(45)12-11-30(44)39-27-5-4-6-28(32(27)36)46-34-33(37)40-29(23-38-34)42-17-15-35(16-18-42)13-2-3-14-35;1-6(2)8-4-9(7(3)12)11(14)5-10(8)13;1-3-7-5(8)4(2)6;1-2/h4-10,23H,2-3,11-22,24H2,1H3,(H2,37,40)(H,39,44);4-6,12-14H,1-3H3;6H,3H2,1-2H3,(H,7,8);2H2,1H3. The van der Waals surface area contributed by atoms with E-state index in [-0.39, 0.29) is 53.7 Å². The molecule has 7 rings (SSSR count). The van der Waals surface area contributed by atoms with Crippen molar-refractivity contribution in [2.45, 2.75) is 115 Å². The van der Waals surface area contributed by atoms with Crippen molar-refractivity contribution in [2.24, 2.45) is 11.1 Å². The molecular formula is C52H74ClN11O5S. The van der Waals surface area contributed by atoms with Crippen molar-refractivity contribution in [1.82, 2.24) is 25.1 Å². The highest BCUT2D eigenvalue weighted by molar-refractivity contribution is 7.99. The van der Waals surface area contributed by atoms with Crippen LogP contribution < -0.4 is 27.0 Å². The number of anilines is 3. The molecule has 1 aliphatic carbocycles. The van der Waals surface area contributed by atoms with Gasteiger partial charge in [-0.15, -0.1) is 0 Å². The molecule has 0 radical (unpaired) electrons. The van der Waals surface area contributed by atoms with Gasteiger partial charge in [-0.3, -0.25) is 24.7 Å². The molecule has 0 bridgehead atoms. The topological polar surface area (TPSA) is 251 Å². The van der Waals surface area contributed by atoms with Crippen molar-refractivity contribution < 1.29 is 24.6 Å². The van der Waals surface area contributed by atoms with E-state index in [1.54, 1.807) is 25.3 Å². The van der Waals surface area contributed by atoms with Crippen LogP contribution in [0.4, 0.5) is 17.3 Å². The molecule has 3 aromatic carbocycles.